The van der Waals surface area contributed by atoms with Gasteiger partial charge in [0, 0.05) is 19.6 Å². The molecule has 0 atom stereocenters. The third-order valence-electron chi connectivity index (χ3n) is 3.43. The normalized spacial score (nSPS) is 12.9. The molecule has 0 spiro atoms. The smallest absolute Gasteiger partial charge is 0.408 e. The number of nitrogens with one attached hydrogen (secondary N) is 3. The highest BCUT2D eigenvalue weighted by Crippen LogP contribution is 2.09. The summed E-state index contributed by atoms with van der Waals surface area (Å²) in [5.74, 6) is 0.758. The lowest BCUT2D eigenvalue weighted by molar-refractivity contribution is 0.0476. The van der Waals surface area contributed by atoms with Crippen LogP contribution in [-0.4, -0.2) is 67.4 Å². The van der Waals surface area contributed by atoms with E-state index in [1.807, 2.05) is 41.5 Å². The van der Waals surface area contributed by atoms with Gasteiger partial charge in [-0.15, -0.1) is 0 Å². The summed E-state index contributed by atoms with van der Waals surface area (Å²) in [6, 6.07) is 0. The number of likely N-dealkylation sites (N-methyl/N-ethyl adjacent to an activating group) is 1. The predicted octanol–water partition coefficient (Wildman–Crippen LogP) is 2.19. The molecule has 0 unspecified atom stereocenters. The van der Waals surface area contributed by atoms with Crippen molar-refractivity contribution >= 4 is 12.1 Å². The van der Waals surface area contributed by atoms with Gasteiger partial charge in [-0.05, 0) is 54.6 Å². The van der Waals surface area contributed by atoms with Crippen LogP contribution in [0.4, 0.5) is 4.79 Å². The molecule has 0 saturated carbocycles. The van der Waals surface area contributed by atoms with Crippen molar-refractivity contribution in [3.63, 3.8) is 0 Å². The van der Waals surface area contributed by atoms with Crippen LogP contribution < -0.4 is 16.0 Å². The molecule has 0 aliphatic rings. The number of hydrogen-bond acceptors (Lipinski definition) is 4. The predicted molar refractivity (Wildman–Crippen MR) is 105 cm³/mol. The maximum absolute atomic E-state index is 11.9. The minimum absolute atomic E-state index is 0.424. The maximum atomic E-state index is 11.9. The standard InChI is InChI=1S/C18H39N5O2/c1-9-19-15(20-12-13-23(10-2)11-3)21-14-18(7,8)22-16(24)25-17(4,5)6/h9-14H2,1-8H3,(H,22,24)(H2,19,20,21). The van der Waals surface area contributed by atoms with Crippen molar-refractivity contribution < 1.29 is 9.53 Å². The number of guanidine groups is 1. The SMILES string of the molecule is CCNC(=NCC(C)(C)NC(=O)OC(C)(C)C)NCCN(CC)CC. The number of amides is 1. The first-order valence-corrected chi connectivity index (χ1v) is 9.28. The van der Waals surface area contributed by atoms with Crippen LogP contribution in [0.1, 0.15) is 55.4 Å². The van der Waals surface area contributed by atoms with E-state index >= 15 is 0 Å². The Kier molecular flexibility index (Phi) is 10.5. The van der Waals surface area contributed by atoms with E-state index in [1.165, 1.54) is 0 Å². The molecule has 3 N–H and O–H groups in total. The average molecular weight is 358 g/mol. The molecule has 0 aliphatic heterocycles. The van der Waals surface area contributed by atoms with Gasteiger partial charge in [0.05, 0.1) is 12.1 Å². The Labute approximate surface area is 154 Å². The van der Waals surface area contributed by atoms with Gasteiger partial charge in [-0.3, -0.25) is 4.99 Å². The summed E-state index contributed by atoms with van der Waals surface area (Å²) < 4.78 is 5.31. The van der Waals surface area contributed by atoms with Crippen LogP contribution in [0.5, 0.6) is 0 Å². The summed E-state index contributed by atoms with van der Waals surface area (Å²) in [7, 11) is 0. The van der Waals surface area contributed by atoms with Crippen LogP contribution >= 0.6 is 0 Å². The number of rotatable bonds is 9. The number of hydrogen-bond donors (Lipinski definition) is 3. The molecule has 148 valence electrons. The summed E-state index contributed by atoms with van der Waals surface area (Å²) >= 11 is 0. The number of aliphatic imine (C=N–C) groups is 1. The van der Waals surface area contributed by atoms with Gasteiger partial charge in [-0.25, -0.2) is 4.79 Å². The molecule has 0 saturated heterocycles. The first-order valence-electron chi connectivity index (χ1n) is 9.28. The second-order valence-corrected chi connectivity index (χ2v) is 7.66. The van der Waals surface area contributed by atoms with Gasteiger partial charge in [0.1, 0.15) is 5.60 Å². The second-order valence-electron chi connectivity index (χ2n) is 7.66. The molecule has 0 aromatic carbocycles. The molecule has 25 heavy (non-hydrogen) atoms. The zero-order valence-corrected chi connectivity index (χ0v) is 17.5. The Bertz CT molecular complexity index is 412. The van der Waals surface area contributed by atoms with Crippen molar-refractivity contribution in [2.24, 2.45) is 4.99 Å². The highest BCUT2D eigenvalue weighted by atomic mass is 16.6. The highest BCUT2D eigenvalue weighted by Gasteiger charge is 2.24. The van der Waals surface area contributed by atoms with Crippen molar-refractivity contribution in [3.8, 4) is 0 Å². The van der Waals surface area contributed by atoms with E-state index in [1.54, 1.807) is 0 Å². The fraction of sp³-hybridized carbons (Fsp3) is 0.889. The maximum Gasteiger partial charge on any atom is 0.408 e. The first kappa shape index (κ1) is 23.5. The lowest BCUT2D eigenvalue weighted by Crippen LogP contribution is -2.49. The van der Waals surface area contributed by atoms with Crippen molar-refractivity contribution in [2.75, 3.05) is 39.3 Å². The Morgan fingerprint density at radius 2 is 1.64 bits per heavy atom. The fourth-order valence-electron chi connectivity index (χ4n) is 2.11. The lowest BCUT2D eigenvalue weighted by atomic mass is 10.1. The van der Waals surface area contributed by atoms with Gasteiger partial charge in [-0.1, -0.05) is 13.8 Å². The Balaban J connectivity index is 4.57. The van der Waals surface area contributed by atoms with Gasteiger partial charge in [0.25, 0.3) is 0 Å². The van der Waals surface area contributed by atoms with Crippen LogP contribution in [0.3, 0.4) is 0 Å². The van der Waals surface area contributed by atoms with Crippen molar-refractivity contribution in [2.45, 2.75) is 66.5 Å². The molecule has 0 bridgehead atoms. The fourth-order valence-corrected chi connectivity index (χ4v) is 2.11. The molecule has 0 fully saturated rings. The van der Waals surface area contributed by atoms with E-state index in [9.17, 15) is 4.79 Å². The zero-order valence-electron chi connectivity index (χ0n) is 17.5. The minimum atomic E-state index is -0.510. The summed E-state index contributed by atoms with van der Waals surface area (Å²) in [4.78, 5) is 18.9. The van der Waals surface area contributed by atoms with Gasteiger partial charge < -0.3 is 25.6 Å². The lowest BCUT2D eigenvalue weighted by Gasteiger charge is -2.27. The molecule has 7 nitrogen and oxygen atoms in total. The summed E-state index contributed by atoms with van der Waals surface area (Å²) in [6.45, 7) is 20.9. The van der Waals surface area contributed by atoms with Crippen LogP contribution in [0.25, 0.3) is 0 Å². The Hall–Kier alpha value is -1.50. The molecule has 0 radical (unpaired) electrons. The Morgan fingerprint density at radius 1 is 1.04 bits per heavy atom. The summed E-state index contributed by atoms with van der Waals surface area (Å²) in [5.41, 5.74) is -1.01. The molecule has 0 aromatic rings. The third-order valence-corrected chi connectivity index (χ3v) is 3.43. The van der Waals surface area contributed by atoms with Gasteiger partial charge in [0.2, 0.25) is 0 Å². The molecule has 0 aliphatic carbocycles. The van der Waals surface area contributed by atoms with E-state index in [2.05, 4.69) is 39.7 Å². The number of nitrogens with zero attached hydrogens (tertiary/aromatic N) is 2. The minimum Gasteiger partial charge on any atom is -0.444 e. The monoisotopic (exact) mass is 357 g/mol. The van der Waals surface area contributed by atoms with E-state index in [-0.39, 0.29) is 0 Å². The van der Waals surface area contributed by atoms with Gasteiger partial charge in [0.15, 0.2) is 5.96 Å². The molecule has 1 amide bonds. The van der Waals surface area contributed by atoms with E-state index < -0.39 is 17.2 Å². The number of carbonyl (C=O) groups is 1. The van der Waals surface area contributed by atoms with Crippen LogP contribution in [0, 0.1) is 0 Å². The average Bonchev–Trinajstić information content (AvgIpc) is 2.46. The second kappa shape index (κ2) is 11.2. The molecule has 7 heteroatoms. The highest BCUT2D eigenvalue weighted by molar-refractivity contribution is 5.79. The molecule has 0 rings (SSSR count). The van der Waals surface area contributed by atoms with E-state index in [4.69, 9.17) is 4.74 Å². The van der Waals surface area contributed by atoms with E-state index in [0.29, 0.717) is 6.54 Å². The summed E-state index contributed by atoms with van der Waals surface area (Å²) in [5, 5.41) is 9.44. The molecular weight excluding hydrogens is 318 g/mol. The first-order chi connectivity index (χ1) is 11.5. The Morgan fingerprint density at radius 3 is 2.12 bits per heavy atom. The van der Waals surface area contributed by atoms with Crippen LogP contribution in [0.15, 0.2) is 4.99 Å². The largest absolute Gasteiger partial charge is 0.444 e. The van der Waals surface area contributed by atoms with Crippen LogP contribution in [0.2, 0.25) is 0 Å². The number of alkyl carbamates (subject to hydrolysis) is 1. The topological polar surface area (TPSA) is 78.0 Å². The van der Waals surface area contributed by atoms with Crippen molar-refractivity contribution in [1.29, 1.82) is 0 Å². The summed E-state index contributed by atoms with van der Waals surface area (Å²) in [6.07, 6.45) is -0.424. The zero-order chi connectivity index (χ0) is 19.5. The molecule has 0 aromatic heterocycles. The quantitative estimate of drug-likeness (QED) is 0.435. The number of carbonyl (C=O) groups excluding carboxylic acids is 1. The van der Waals surface area contributed by atoms with Crippen LogP contribution in [-0.2, 0) is 4.74 Å². The van der Waals surface area contributed by atoms with Crippen molar-refractivity contribution in [1.82, 2.24) is 20.9 Å². The third kappa shape index (κ3) is 12.5. The van der Waals surface area contributed by atoms with E-state index in [0.717, 1.165) is 38.7 Å². The number of ether oxygens (including phenoxy) is 1. The molecular formula is C18H39N5O2. The molecule has 0 heterocycles. The van der Waals surface area contributed by atoms with Crippen molar-refractivity contribution in [3.05, 3.63) is 0 Å². The van der Waals surface area contributed by atoms with Gasteiger partial charge >= 0.3 is 6.09 Å². The van der Waals surface area contributed by atoms with Gasteiger partial charge in [-0.2, -0.15) is 0 Å².